The van der Waals surface area contributed by atoms with E-state index in [0.717, 1.165) is 33.5 Å². The number of carbonyl (C=O) groups excluding carboxylic acids is 3. The van der Waals surface area contributed by atoms with Gasteiger partial charge in [0, 0.05) is 23.4 Å². The third-order valence-corrected chi connectivity index (χ3v) is 7.08. The lowest BCUT2D eigenvalue weighted by Crippen LogP contribution is -2.45. The van der Waals surface area contributed by atoms with Gasteiger partial charge >= 0.3 is 5.97 Å². The molecule has 5 rings (SSSR count). The van der Waals surface area contributed by atoms with Gasteiger partial charge in [-0.1, -0.05) is 80.6 Å². The van der Waals surface area contributed by atoms with Crippen LogP contribution in [0.2, 0.25) is 0 Å². The van der Waals surface area contributed by atoms with Crippen LogP contribution in [0.25, 0.3) is 22.3 Å². The minimum atomic E-state index is -0.634. The molecule has 1 aliphatic heterocycles. The normalized spacial score (nSPS) is 13.2. The van der Waals surface area contributed by atoms with Gasteiger partial charge in [-0.2, -0.15) is 0 Å². The largest absolute Gasteiger partial charge is 0.467 e. The molecule has 0 radical (unpaired) electrons. The molecule has 2 amide bonds. The van der Waals surface area contributed by atoms with E-state index in [-0.39, 0.29) is 17.7 Å². The number of methoxy groups -OCH3 is 1. The molecule has 1 heterocycles. The zero-order valence-electron chi connectivity index (χ0n) is 22.2. The van der Waals surface area contributed by atoms with Crippen LogP contribution in [0.3, 0.4) is 0 Å². The fourth-order valence-electron chi connectivity index (χ4n) is 5.00. The molecule has 196 valence electrons. The van der Waals surface area contributed by atoms with E-state index in [1.807, 2.05) is 98.8 Å². The molecular formula is C33H30N2O4. The Morgan fingerprint density at radius 3 is 2.03 bits per heavy atom. The average molecular weight is 519 g/mol. The highest BCUT2D eigenvalue weighted by Crippen LogP contribution is 2.31. The molecule has 0 aliphatic carbocycles. The highest BCUT2D eigenvalue weighted by Gasteiger charge is 2.38. The van der Waals surface area contributed by atoms with E-state index in [1.54, 1.807) is 17.0 Å². The molecule has 4 aromatic carbocycles. The van der Waals surface area contributed by atoms with Crippen molar-refractivity contribution in [1.29, 1.82) is 0 Å². The van der Waals surface area contributed by atoms with Gasteiger partial charge < -0.3 is 15.0 Å². The summed E-state index contributed by atoms with van der Waals surface area (Å²) in [6, 6.07) is 30.2. The number of rotatable bonds is 7. The maximum Gasteiger partial charge on any atom is 0.328 e. The summed E-state index contributed by atoms with van der Waals surface area (Å²) < 4.78 is 4.95. The van der Waals surface area contributed by atoms with E-state index < -0.39 is 12.0 Å². The van der Waals surface area contributed by atoms with Crippen molar-refractivity contribution in [1.82, 2.24) is 4.90 Å². The summed E-state index contributed by atoms with van der Waals surface area (Å²) in [6.07, 6.45) is 0. The number of esters is 1. The van der Waals surface area contributed by atoms with E-state index in [4.69, 9.17) is 4.74 Å². The minimum Gasteiger partial charge on any atom is -0.467 e. The zero-order chi connectivity index (χ0) is 27.5. The predicted octanol–water partition coefficient (Wildman–Crippen LogP) is 6.43. The highest BCUT2D eigenvalue weighted by molar-refractivity contribution is 6.05. The van der Waals surface area contributed by atoms with Crippen molar-refractivity contribution in [3.8, 4) is 22.3 Å². The molecule has 0 saturated carbocycles. The van der Waals surface area contributed by atoms with Crippen LogP contribution in [0.4, 0.5) is 5.69 Å². The molecule has 0 unspecified atom stereocenters. The Bertz CT molecular complexity index is 1510. The van der Waals surface area contributed by atoms with Gasteiger partial charge in [0.1, 0.15) is 6.04 Å². The Hall–Kier alpha value is -4.71. The van der Waals surface area contributed by atoms with Crippen molar-refractivity contribution in [2.45, 2.75) is 26.4 Å². The van der Waals surface area contributed by atoms with Crippen LogP contribution >= 0.6 is 0 Å². The van der Waals surface area contributed by atoms with Gasteiger partial charge in [0.05, 0.1) is 7.11 Å². The van der Waals surface area contributed by atoms with Gasteiger partial charge in [0.15, 0.2) is 0 Å². The summed E-state index contributed by atoms with van der Waals surface area (Å²) in [5.41, 5.74) is 6.68. The molecule has 0 fully saturated rings. The lowest BCUT2D eigenvalue weighted by atomic mass is 9.99. The number of carbonyl (C=O) groups is 3. The smallest absolute Gasteiger partial charge is 0.328 e. The monoisotopic (exact) mass is 518 g/mol. The topological polar surface area (TPSA) is 75.7 Å². The van der Waals surface area contributed by atoms with Crippen LogP contribution in [0.15, 0.2) is 97.1 Å². The van der Waals surface area contributed by atoms with Crippen LogP contribution in [0.1, 0.15) is 40.1 Å². The van der Waals surface area contributed by atoms with Crippen molar-refractivity contribution < 1.29 is 19.1 Å². The average Bonchev–Trinajstić information content (AvgIpc) is 3.28. The number of ether oxygens (including phenoxy) is 1. The standard InChI is InChI=1S/C33H30N2O4/c1-21(2)30(33(38)39-3)35-20-27-14-13-26(19-29(27)32(35)37)24-9-11-25(12-10-24)31(36)34-28-17-15-23(16-18-28)22-7-5-4-6-8-22/h4-19,21,30H,20H2,1-3H3,(H,34,36)/t30-/m0/s1. The molecule has 4 aromatic rings. The number of nitrogens with zero attached hydrogens (tertiary/aromatic N) is 1. The first-order valence-electron chi connectivity index (χ1n) is 12.9. The summed E-state index contributed by atoms with van der Waals surface area (Å²) >= 11 is 0. The van der Waals surface area contributed by atoms with Gasteiger partial charge in [-0.05, 0) is 64.1 Å². The van der Waals surface area contributed by atoms with Crippen LogP contribution in [-0.4, -0.2) is 35.8 Å². The minimum absolute atomic E-state index is 0.0735. The highest BCUT2D eigenvalue weighted by atomic mass is 16.5. The quantitative estimate of drug-likeness (QED) is 0.286. The van der Waals surface area contributed by atoms with E-state index in [2.05, 4.69) is 5.32 Å². The van der Waals surface area contributed by atoms with Crippen molar-refractivity contribution in [3.63, 3.8) is 0 Å². The Balaban J connectivity index is 1.28. The summed E-state index contributed by atoms with van der Waals surface area (Å²) in [5.74, 6) is -0.857. The van der Waals surface area contributed by atoms with Crippen molar-refractivity contribution in [2.75, 3.05) is 12.4 Å². The molecule has 0 bridgehead atoms. The van der Waals surface area contributed by atoms with Crippen LogP contribution in [0.5, 0.6) is 0 Å². The molecule has 0 aromatic heterocycles. The number of hydrogen-bond acceptors (Lipinski definition) is 4. The summed E-state index contributed by atoms with van der Waals surface area (Å²) in [5, 5.41) is 2.95. The third-order valence-electron chi connectivity index (χ3n) is 7.08. The lowest BCUT2D eigenvalue weighted by Gasteiger charge is -2.28. The molecule has 6 heteroatoms. The third kappa shape index (κ3) is 5.32. The molecule has 39 heavy (non-hydrogen) atoms. The van der Waals surface area contributed by atoms with Gasteiger partial charge in [0.2, 0.25) is 0 Å². The summed E-state index contributed by atoms with van der Waals surface area (Å²) in [7, 11) is 1.34. The molecule has 1 atom stereocenters. The number of fused-ring (bicyclic) bond motifs is 1. The second-order valence-electron chi connectivity index (χ2n) is 9.99. The molecule has 1 N–H and O–H groups in total. The van der Waals surface area contributed by atoms with Gasteiger partial charge in [-0.3, -0.25) is 9.59 Å². The number of hydrogen-bond donors (Lipinski definition) is 1. The van der Waals surface area contributed by atoms with Gasteiger partial charge in [0.25, 0.3) is 11.8 Å². The first kappa shape index (κ1) is 25.9. The Morgan fingerprint density at radius 1 is 0.795 bits per heavy atom. The second kappa shape index (κ2) is 11.0. The lowest BCUT2D eigenvalue weighted by molar-refractivity contribution is -0.147. The van der Waals surface area contributed by atoms with Crippen molar-refractivity contribution >= 4 is 23.5 Å². The van der Waals surface area contributed by atoms with Crippen LogP contribution < -0.4 is 5.32 Å². The van der Waals surface area contributed by atoms with Crippen LogP contribution in [-0.2, 0) is 16.1 Å². The molecular weight excluding hydrogens is 488 g/mol. The predicted molar refractivity (Wildman–Crippen MR) is 152 cm³/mol. The van der Waals surface area contributed by atoms with E-state index in [0.29, 0.717) is 17.7 Å². The molecule has 1 aliphatic rings. The number of nitrogens with one attached hydrogen (secondary N) is 1. The number of benzene rings is 4. The van der Waals surface area contributed by atoms with E-state index in [9.17, 15) is 14.4 Å². The number of amides is 2. The van der Waals surface area contributed by atoms with Crippen molar-refractivity contribution in [3.05, 3.63) is 114 Å². The van der Waals surface area contributed by atoms with Gasteiger partial charge in [-0.15, -0.1) is 0 Å². The second-order valence-corrected chi connectivity index (χ2v) is 9.99. The first-order valence-corrected chi connectivity index (χ1v) is 12.9. The van der Waals surface area contributed by atoms with E-state index >= 15 is 0 Å². The summed E-state index contributed by atoms with van der Waals surface area (Å²) in [4.78, 5) is 40.0. The molecule has 0 saturated heterocycles. The van der Waals surface area contributed by atoms with Gasteiger partial charge in [-0.25, -0.2) is 4.79 Å². The summed E-state index contributed by atoms with van der Waals surface area (Å²) in [6.45, 7) is 4.18. The fourth-order valence-corrected chi connectivity index (χ4v) is 5.00. The number of anilines is 1. The van der Waals surface area contributed by atoms with E-state index in [1.165, 1.54) is 7.11 Å². The SMILES string of the molecule is COC(=O)[C@H](C(C)C)N1Cc2ccc(-c3ccc(C(=O)Nc4ccc(-c5ccccc5)cc4)cc3)cc2C1=O. The Labute approximate surface area is 228 Å². The van der Waals surface area contributed by atoms with Crippen molar-refractivity contribution in [2.24, 2.45) is 5.92 Å². The fraction of sp³-hybridized carbons (Fsp3) is 0.182. The maximum absolute atomic E-state index is 13.2. The first-order chi connectivity index (χ1) is 18.9. The van der Waals surface area contributed by atoms with Crippen LogP contribution in [0, 0.1) is 5.92 Å². The Morgan fingerprint density at radius 2 is 1.38 bits per heavy atom. The molecule has 0 spiro atoms. The Kier molecular flexibility index (Phi) is 7.28. The maximum atomic E-state index is 13.2. The molecule has 6 nitrogen and oxygen atoms in total. The zero-order valence-corrected chi connectivity index (χ0v) is 22.2.